The molecule has 0 aliphatic heterocycles. The van der Waals surface area contributed by atoms with Crippen LogP contribution in [0.2, 0.25) is 0 Å². The number of methoxy groups -OCH3 is 2. The van der Waals surface area contributed by atoms with Crippen LogP contribution in [0.3, 0.4) is 0 Å². The van der Waals surface area contributed by atoms with Crippen molar-refractivity contribution in [2.45, 2.75) is 57.3 Å². The Morgan fingerprint density at radius 3 is 2.45 bits per heavy atom. The van der Waals surface area contributed by atoms with Crippen molar-refractivity contribution >= 4 is 22.8 Å². The highest BCUT2D eigenvalue weighted by atomic mass is 16.5. The molecular formula is C31H35N5O4. The van der Waals surface area contributed by atoms with Gasteiger partial charge in [-0.1, -0.05) is 79.1 Å². The van der Waals surface area contributed by atoms with Crippen molar-refractivity contribution in [3.8, 4) is 11.5 Å². The smallest absolute Gasteiger partial charge is 0.247 e. The van der Waals surface area contributed by atoms with Crippen LogP contribution in [0.1, 0.15) is 49.3 Å². The minimum atomic E-state index is -0.963. The highest BCUT2D eigenvalue weighted by molar-refractivity contribution is 5.90. The van der Waals surface area contributed by atoms with E-state index in [1.807, 2.05) is 66.7 Å². The summed E-state index contributed by atoms with van der Waals surface area (Å²) >= 11 is 0. The molecule has 1 aliphatic rings. The van der Waals surface area contributed by atoms with Gasteiger partial charge in [-0.3, -0.25) is 9.59 Å². The Balaban J connectivity index is 1.58. The molecule has 208 valence electrons. The van der Waals surface area contributed by atoms with Gasteiger partial charge in [0.1, 0.15) is 18.1 Å². The first-order chi connectivity index (χ1) is 19.6. The van der Waals surface area contributed by atoms with Crippen molar-refractivity contribution < 1.29 is 19.1 Å². The number of ether oxygens (including phenoxy) is 2. The molecule has 40 heavy (non-hydrogen) atoms. The highest BCUT2D eigenvalue weighted by Crippen LogP contribution is 2.38. The van der Waals surface area contributed by atoms with Crippen molar-refractivity contribution in [3.63, 3.8) is 0 Å². The second-order valence-electron chi connectivity index (χ2n) is 10.1. The molecule has 0 radical (unpaired) electrons. The number of fused-ring (bicyclic) bond motifs is 1. The summed E-state index contributed by atoms with van der Waals surface area (Å²) in [6.07, 6.45) is 5.16. The number of aromatic nitrogens is 3. The van der Waals surface area contributed by atoms with Crippen LogP contribution in [-0.2, 0) is 22.7 Å². The van der Waals surface area contributed by atoms with E-state index in [1.54, 1.807) is 29.9 Å². The molecule has 9 nitrogen and oxygen atoms in total. The first kappa shape index (κ1) is 27.2. The maximum atomic E-state index is 14.2. The average molecular weight is 542 g/mol. The Labute approximate surface area is 234 Å². The van der Waals surface area contributed by atoms with Crippen molar-refractivity contribution in [1.29, 1.82) is 0 Å². The average Bonchev–Trinajstić information content (AvgIpc) is 3.40. The highest BCUT2D eigenvalue weighted by Gasteiger charge is 2.36. The van der Waals surface area contributed by atoms with Crippen molar-refractivity contribution in [2.24, 2.45) is 0 Å². The van der Waals surface area contributed by atoms with Gasteiger partial charge >= 0.3 is 0 Å². The van der Waals surface area contributed by atoms with Crippen LogP contribution in [-0.4, -0.2) is 52.0 Å². The predicted molar refractivity (Wildman–Crippen MR) is 152 cm³/mol. The number of hydrogen-bond donors (Lipinski definition) is 1. The summed E-state index contributed by atoms with van der Waals surface area (Å²) in [6, 6.07) is 21.7. The second-order valence-corrected chi connectivity index (χ2v) is 10.1. The van der Waals surface area contributed by atoms with Crippen LogP contribution in [0.5, 0.6) is 11.5 Å². The maximum absolute atomic E-state index is 14.2. The third kappa shape index (κ3) is 5.93. The molecule has 2 amide bonds. The zero-order valence-electron chi connectivity index (χ0n) is 23.0. The van der Waals surface area contributed by atoms with E-state index in [-0.39, 0.29) is 30.9 Å². The fourth-order valence-electron chi connectivity index (χ4n) is 5.46. The number of rotatable bonds is 10. The predicted octanol–water partition coefficient (Wildman–Crippen LogP) is 4.67. The Hall–Kier alpha value is -4.40. The summed E-state index contributed by atoms with van der Waals surface area (Å²) in [6.45, 7) is 0.141. The number of benzene rings is 3. The largest absolute Gasteiger partial charge is 0.493 e. The monoisotopic (exact) mass is 541 g/mol. The third-order valence-electron chi connectivity index (χ3n) is 7.46. The molecule has 1 aliphatic carbocycles. The van der Waals surface area contributed by atoms with Crippen LogP contribution in [0.4, 0.5) is 0 Å². The van der Waals surface area contributed by atoms with Crippen LogP contribution in [0, 0.1) is 0 Å². The molecule has 3 aromatic carbocycles. The van der Waals surface area contributed by atoms with Crippen molar-refractivity contribution in [2.75, 3.05) is 14.2 Å². The molecule has 1 heterocycles. The second kappa shape index (κ2) is 12.6. The first-order valence-electron chi connectivity index (χ1n) is 13.7. The van der Waals surface area contributed by atoms with Gasteiger partial charge in [-0.15, -0.1) is 5.10 Å². The summed E-state index contributed by atoms with van der Waals surface area (Å²) in [5.41, 5.74) is 2.91. The molecule has 1 saturated carbocycles. The van der Waals surface area contributed by atoms with Gasteiger partial charge in [-0.2, -0.15) is 0 Å². The van der Waals surface area contributed by atoms with Crippen LogP contribution in [0.25, 0.3) is 11.0 Å². The molecule has 1 fully saturated rings. The van der Waals surface area contributed by atoms with Crippen molar-refractivity contribution in [1.82, 2.24) is 25.2 Å². The lowest BCUT2D eigenvalue weighted by atomic mass is 9.94. The summed E-state index contributed by atoms with van der Waals surface area (Å²) in [7, 11) is 3.10. The number of hydrogen-bond acceptors (Lipinski definition) is 6. The fourth-order valence-corrected chi connectivity index (χ4v) is 5.46. The van der Waals surface area contributed by atoms with E-state index >= 15 is 0 Å². The molecule has 1 aromatic heterocycles. The summed E-state index contributed by atoms with van der Waals surface area (Å²) < 4.78 is 12.9. The molecule has 0 bridgehead atoms. The maximum Gasteiger partial charge on any atom is 0.247 e. The van der Waals surface area contributed by atoms with Gasteiger partial charge in [0.2, 0.25) is 11.8 Å². The van der Waals surface area contributed by atoms with Gasteiger partial charge in [-0.25, -0.2) is 4.68 Å². The standard InChI is InChI=1S/C31H35N5O4/c1-39-27-19-11-16-24(30(27)40-2)29(31(38)32-23-14-7-4-8-15-23)35(20-22-12-5-3-6-13-22)28(37)21-36-26-18-10-9-17-25(26)33-34-36/h3,5-6,9-13,16-19,23,29H,4,7-8,14-15,20-21H2,1-2H3,(H,32,38). The fraction of sp³-hybridized carbons (Fsp3) is 0.355. The van der Waals surface area contributed by atoms with Crippen LogP contribution >= 0.6 is 0 Å². The molecule has 0 saturated heterocycles. The molecule has 1 N–H and O–H groups in total. The Morgan fingerprint density at radius 1 is 0.950 bits per heavy atom. The lowest BCUT2D eigenvalue weighted by molar-refractivity contribution is -0.142. The van der Waals surface area contributed by atoms with Crippen LogP contribution in [0.15, 0.2) is 72.8 Å². The minimum Gasteiger partial charge on any atom is -0.493 e. The molecule has 1 atom stereocenters. The van der Waals surface area contributed by atoms with E-state index < -0.39 is 6.04 Å². The zero-order chi connectivity index (χ0) is 27.9. The van der Waals surface area contributed by atoms with Gasteiger partial charge in [0.15, 0.2) is 11.5 Å². The SMILES string of the molecule is COc1cccc(C(C(=O)NC2CCCCC2)N(Cc2ccccc2)C(=O)Cn2nnc3ccccc32)c1OC. The van der Waals surface area contributed by atoms with E-state index in [0.29, 0.717) is 22.6 Å². The zero-order valence-corrected chi connectivity index (χ0v) is 23.0. The summed E-state index contributed by atoms with van der Waals surface area (Å²) in [4.78, 5) is 30.0. The van der Waals surface area contributed by atoms with Crippen molar-refractivity contribution in [3.05, 3.63) is 83.9 Å². The number of nitrogens with one attached hydrogen (secondary N) is 1. The quantitative estimate of drug-likeness (QED) is 0.313. The topological polar surface area (TPSA) is 98.6 Å². The molecule has 0 spiro atoms. The minimum absolute atomic E-state index is 0.0632. The number of nitrogens with zero attached hydrogens (tertiary/aromatic N) is 4. The molecule has 5 rings (SSSR count). The lowest BCUT2D eigenvalue weighted by Crippen LogP contribution is -2.47. The van der Waals surface area contributed by atoms with Gasteiger partial charge in [0.05, 0.1) is 19.7 Å². The third-order valence-corrected chi connectivity index (χ3v) is 7.46. The van der Waals surface area contributed by atoms with E-state index in [0.717, 1.165) is 36.8 Å². The lowest BCUT2D eigenvalue weighted by Gasteiger charge is -2.34. The Kier molecular flexibility index (Phi) is 8.59. The Morgan fingerprint density at radius 2 is 1.70 bits per heavy atom. The van der Waals surface area contributed by atoms with E-state index in [4.69, 9.17) is 9.47 Å². The van der Waals surface area contributed by atoms with Gasteiger partial charge in [0, 0.05) is 18.2 Å². The summed E-state index contributed by atoms with van der Waals surface area (Å²) in [5.74, 6) is 0.398. The number of carbonyl (C=O) groups is 2. The number of amides is 2. The van der Waals surface area contributed by atoms with Gasteiger partial charge in [0.25, 0.3) is 0 Å². The van der Waals surface area contributed by atoms with Gasteiger partial charge in [-0.05, 0) is 36.6 Å². The van der Waals surface area contributed by atoms with E-state index in [2.05, 4.69) is 15.6 Å². The normalized spacial score (nSPS) is 14.4. The number of carbonyl (C=O) groups excluding carboxylic acids is 2. The number of para-hydroxylation sites is 2. The summed E-state index contributed by atoms with van der Waals surface area (Å²) in [5, 5.41) is 11.7. The first-order valence-corrected chi connectivity index (χ1v) is 13.7. The van der Waals surface area contributed by atoms with E-state index in [9.17, 15) is 9.59 Å². The van der Waals surface area contributed by atoms with Crippen LogP contribution < -0.4 is 14.8 Å². The molecule has 4 aromatic rings. The Bertz CT molecular complexity index is 1450. The molecular weight excluding hydrogens is 506 g/mol. The molecule has 1 unspecified atom stereocenters. The van der Waals surface area contributed by atoms with E-state index in [1.165, 1.54) is 6.42 Å². The van der Waals surface area contributed by atoms with Gasteiger partial charge < -0.3 is 19.7 Å². The molecule has 9 heteroatoms.